The molecule has 0 unspecified atom stereocenters. The molecule has 2 rings (SSSR count). The van der Waals surface area contributed by atoms with Gasteiger partial charge in [-0.3, -0.25) is 9.89 Å². The highest BCUT2D eigenvalue weighted by molar-refractivity contribution is 5.92. The summed E-state index contributed by atoms with van der Waals surface area (Å²) in [6.07, 6.45) is 4.98. The molecule has 0 saturated heterocycles. The summed E-state index contributed by atoms with van der Waals surface area (Å²) in [7, 11) is 1.66. The Bertz CT molecular complexity index is 378. The number of ether oxygens (including phenoxy) is 1. The summed E-state index contributed by atoms with van der Waals surface area (Å²) >= 11 is 0. The quantitative estimate of drug-likeness (QED) is 0.866. The fraction of sp³-hybridized carbons (Fsp3) is 0.692. The highest BCUT2D eigenvalue weighted by Crippen LogP contribution is 2.29. The van der Waals surface area contributed by atoms with Gasteiger partial charge in [-0.1, -0.05) is 6.92 Å². The molecule has 100 valence electrons. The van der Waals surface area contributed by atoms with E-state index in [2.05, 4.69) is 17.1 Å². The number of hydrogen-bond donors (Lipinski definition) is 1. The Morgan fingerprint density at radius 3 is 3.00 bits per heavy atom. The van der Waals surface area contributed by atoms with Crippen molar-refractivity contribution >= 4 is 5.91 Å². The largest absolute Gasteiger partial charge is 0.383 e. The normalized spacial score (nSPS) is 23.2. The second-order valence-corrected chi connectivity index (χ2v) is 5.03. The molecule has 1 saturated carbocycles. The highest BCUT2D eigenvalue weighted by Gasteiger charge is 2.30. The van der Waals surface area contributed by atoms with E-state index in [1.165, 1.54) is 6.42 Å². The third-order valence-corrected chi connectivity index (χ3v) is 3.64. The molecule has 1 aliphatic rings. The SMILES string of the molecule is COCCN(C(=O)c1ccn[nH]1)[C@@H]1CC[C@H](C)C1. The van der Waals surface area contributed by atoms with E-state index < -0.39 is 0 Å². The first-order valence-electron chi connectivity index (χ1n) is 6.51. The van der Waals surface area contributed by atoms with Crippen LogP contribution in [0.25, 0.3) is 0 Å². The molecule has 5 nitrogen and oxygen atoms in total. The molecule has 0 bridgehead atoms. The van der Waals surface area contributed by atoms with Gasteiger partial charge in [-0.05, 0) is 31.2 Å². The zero-order chi connectivity index (χ0) is 13.0. The van der Waals surface area contributed by atoms with Gasteiger partial charge < -0.3 is 9.64 Å². The maximum atomic E-state index is 12.4. The fourth-order valence-corrected chi connectivity index (χ4v) is 2.63. The van der Waals surface area contributed by atoms with Crippen molar-refractivity contribution in [3.63, 3.8) is 0 Å². The molecule has 1 aromatic heterocycles. The lowest BCUT2D eigenvalue weighted by atomic mass is 10.1. The van der Waals surface area contributed by atoms with Crippen LogP contribution in [0.1, 0.15) is 36.7 Å². The zero-order valence-corrected chi connectivity index (χ0v) is 11.1. The van der Waals surface area contributed by atoms with E-state index in [0.29, 0.717) is 30.8 Å². The van der Waals surface area contributed by atoms with Crippen molar-refractivity contribution in [2.24, 2.45) is 5.92 Å². The monoisotopic (exact) mass is 251 g/mol. The summed E-state index contributed by atoms with van der Waals surface area (Å²) in [5, 5.41) is 6.59. The molecule has 18 heavy (non-hydrogen) atoms. The maximum Gasteiger partial charge on any atom is 0.272 e. The Hall–Kier alpha value is -1.36. The second kappa shape index (κ2) is 6.00. The molecule has 2 atom stereocenters. The van der Waals surface area contributed by atoms with Gasteiger partial charge >= 0.3 is 0 Å². The van der Waals surface area contributed by atoms with Gasteiger partial charge in [0.05, 0.1) is 6.61 Å². The summed E-state index contributed by atoms with van der Waals surface area (Å²) in [5.41, 5.74) is 0.561. The van der Waals surface area contributed by atoms with Crippen LogP contribution in [0.5, 0.6) is 0 Å². The zero-order valence-electron chi connectivity index (χ0n) is 11.1. The second-order valence-electron chi connectivity index (χ2n) is 5.03. The smallest absolute Gasteiger partial charge is 0.272 e. The van der Waals surface area contributed by atoms with Crippen LogP contribution >= 0.6 is 0 Å². The van der Waals surface area contributed by atoms with E-state index >= 15 is 0 Å². The predicted molar refractivity (Wildman–Crippen MR) is 68.3 cm³/mol. The topological polar surface area (TPSA) is 58.2 Å². The van der Waals surface area contributed by atoms with Gasteiger partial charge in [0.1, 0.15) is 5.69 Å². The average Bonchev–Trinajstić information content (AvgIpc) is 3.00. The number of nitrogens with zero attached hydrogens (tertiary/aromatic N) is 2. The van der Waals surface area contributed by atoms with Crippen molar-refractivity contribution in [2.75, 3.05) is 20.3 Å². The summed E-state index contributed by atoms with van der Waals surface area (Å²) < 4.78 is 5.11. The molecular formula is C13H21N3O2. The van der Waals surface area contributed by atoms with Gasteiger partial charge in [0.2, 0.25) is 0 Å². The van der Waals surface area contributed by atoms with Gasteiger partial charge in [0, 0.05) is 25.9 Å². The average molecular weight is 251 g/mol. The Kier molecular flexibility index (Phi) is 4.36. The first-order valence-corrected chi connectivity index (χ1v) is 6.51. The van der Waals surface area contributed by atoms with E-state index in [4.69, 9.17) is 4.74 Å². The number of amides is 1. The maximum absolute atomic E-state index is 12.4. The lowest BCUT2D eigenvalue weighted by molar-refractivity contribution is 0.0596. The van der Waals surface area contributed by atoms with Crippen molar-refractivity contribution in [3.05, 3.63) is 18.0 Å². The lowest BCUT2D eigenvalue weighted by Gasteiger charge is -2.28. The number of methoxy groups -OCH3 is 1. The van der Waals surface area contributed by atoms with E-state index in [0.717, 1.165) is 12.8 Å². The predicted octanol–water partition coefficient (Wildman–Crippen LogP) is 1.69. The fourth-order valence-electron chi connectivity index (χ4n) is 2.63. The van der Waals surface area contributed by atoms with Gasteiger partial charge in [-0.15, -0.1) is 0 Å². The molecule has 0 aliphatic heterocycles. The molecular weight excluding hydrogens is 230 g/mol. The van der Waals surface area contributed by atoms with Crippen molar-refractivity contribution in [3.8, 4) is 0 Å². The number of carbonyl (C=O) groups excluding carboxylic acids is 1. The van der Waals surface area contributed by atoms with Crippen LogP contribution in [-0.2, 0) is 4.74 Å². The minimum atomic E-state index is 0.0312. The first-order chi connectivity index (χ1) is 8.72. The Labute approximate surface area is 108 Å². The van der Waals surface area contributed by atoms with E-state index in [1.807, 2.05) is 4.90 Å². The van der Waals surface area contributed by atoms with Crippen molar-refractivity contribution < 1.29 is 9.53 Å². The third kappa shape index (κ3) is 2.90. The van der Waals surface area contributed by atoms with E-state index in [1.54, 1.807) is 19.4 Å². The molecule has 0 radical (unpaired) electrons. The number of nitrogens with one attached hydrogen (secondary N) is 1. The first kappa shape index (κ1) is 13.1. The summed E-state index contributed by atoms with van der Waals surface area (Å²) in [5.74, 6) is 0.735. The molecule has 5 heteroatoms. The van der Waals surface area contributed by atoms with Crippen LogP contribution in [0, 0.1) is 5.92 Å². The summed E-state index contributed by atoms with van der Waals surface area (Å²) in [6.45, 7) is 3.46. The molecule has 1 N–H and O–H groups in total. The van der Waals surface area contributed by atoms with Crippen LogP contribution in [0.2, 0.25) is 0 Å². The van der Waals surface area contributed by atoms with Gasteiger partial charge in [-0.2, -0.15) is 5.10 Å². The van der Waals surface area contributed by atoms with Gasteiger partial charge in [-0.25, -0.2) is 0 Å². The van der Waals surface area contributed by atoms with E-state index in [9.17, 15) is 4.79 Å². The van der Waals surface area contributed by atoms with Gasteiger partial charge in [0.15, 0.2) is 0 Å². The molecule has 1 fully saturated rings. The number of carbonyl (C=O) groups is 1. The minimum absolute atomic E-state index is 0.0312. The number of H-pyrrole nitrogens is 1. The molecule has 1 aromatic rings. The highest BCUT2D eigenvalue weighted by atomic mass is 16.5. The van der Waals surface area contributed by atoms with Crippen LogP contribution in [0.3, 0.4) is 0 Å². The molecule has 1 aliphatic carbocycles. The van der Waals surface area contributed by atoms with Crippen molar-refractivity contribution in [1.29, 1.82) is 0 Å². The molecule has 0 spiro atoms. The van der Waals surface area contributed by atoms with Crippen LogP contribution < -0.4 is 0 Å². The summed E-state index contributed by atoms with van der Waals surface area (Å²) in [6, 6.07) is 2.06. The van der Waals surface area contributed by atoms with E-state index in [-0.39, 0.29) is 5.91 Å². The van der Waals surface area contributed by atoms with Crippen molar-refractivity contribution in [2.45, 2.75) is 32.2 Å². The number of aromatic amines is 1. The lowest BCUT2D eigenvalue weighted by Crippen LogP contribution is -2.41. The minimum Gasteiger partial charge on any atom is -0.383 e. The Balaban J connectivity index is 2.07. The molecule has 1 heterocycles. The number of hydrogen-bond acceptors (Lipinski definition) is 3. The molecule has 1 amide bonds. The Morgan fingerprint density at radius 2 is 2.44 bits per heavy atom. The number of rotatable bonds is 5. The summed E-state index contributed by atoms with van der Waals surface area (Å²) in [4.78, 5) is 14.3. The van der Waals surface area contributed by atoms with Crippen LogP contribution in [0.4, 0.5) is 0 Å². The Morgan fingerprint density at radius 1 is 1.61 bits per heavy atom. The third-order valence-electron chi connectivity index (χ3n) is 3.64. The van der Waals surface area contributed by atoms with Crippen molar-refractivity contribution in [1.82, 2.24) is 15.1 Å². The van der Waals surface area contributed by atoms with Crippen LogP contribution in [0.15, 0.2) is 12.3 Å². The number of aromatic nitrogens is 2. The molecule has 0 aromatic carbocycles. The standard InChI is InChI=1S/C13H21N3O2/c1-10-3-4-11(9-10)16(7-8-18-2)13(17)12-5-6-14-15-12/h5-6,10-11H,3-4,7-9H2,1-2H3,(H,14,15)/t10-,11+/m0/s1. The van der Waals surface area contributed by atoms with Crippen LogP contribution in [-0.4, -0.2) is 47.3 Å². The van der Waals surface area contributed by atoms with Gasteiger partial charge in [0.25, 0.3) is 5.91 Å².